The number of nitrogen functional groups attached to an aromatic ring is 1. The predicted octanol–water partition coefficient (Wildman–Crippen LogP) is 2.78. The first-order chi connectivity index (χ1) is 9.93. The van der Waals surface area contributed by atoms with Crippen LogP contribution < -0.4 is 5.73 Å². The summed E-state index contributed by atoms with van der Waals surface area (Å²) in [5.41, 5.74) is 5.52. The number of carbonyl (C=O) groups excluding carboxylic acids is 1. The molecule has 1 atom stereocenters. The summed E-state index contributed by atoms with van der Waals surface area (Å²) in [5, 5.41) is 0. The Bertz CT molecular complexity index is 676. The van der Waals surface area contributed by atoms with E-state index in [0.717, 1.165) is 0 Å². The van der Waals surface area contributed by atoms with Crippen molar-refractivity contribution in [1.29, 1.82) is 0 Å². The molecule has 0 fully saturated rings. The highest BCUT2D eigenvalue weighted by atomic mass is 19.1. The van der Waals surface area contributed by atoms with Gasteiger partial charge in [0.2, 0.25) is 0 Å². The third kappa shape index (κ3) is 2.84. The number of aromatic nitrogens is 1. The molecule has 1 aromatic carbocycles. The van der Waals surface area contributed by atoms with Crippen LogP contribution in [0, 0.1) is 11.6 Å². The Morgan fingerprint density at radius 1 is 1.29 bits per heavy atom. The van der Waals surface area contributed by atoms with Crippen LogP contribution in [0.2, 0.25) is 0 Å². The van der Waals surface area contributed by atoms with Gasteiger partial charge in [0, 0.05) is 18.8 Å². The van der Waals surface area contributed by atoms with E-state index in [9.17, 15) is 13.6 Å². The Morgan fingerprint density at radius 2 is 1.95 bits per heavy atom. The third-order valence-electron chi connectivity index (χ3n) is 3.40. The lowest BCUT2D eigenvalue weighted by molar-refractivity contribution is 0.0735. The van der Waals surface area contributed by atoms with Gasteiger partial charge in [-0.25, -0.2) is 13.8 Å². The molecular weight excluding hydrogens is 276 g/mol. The van der Waals surface area contributed by atoms with Gasteiger partial charge in [0.1, 0.15) is 5.82 Å². The van der Waals surface area contributed by atoms with E-state index >= 15 is 0 Å². The molecule has 0 aliphatic heterocycles. The fourth-order valence-electron chi connectivity index (χ4n) is 2.01. The molecule has 21 heavy (non-hydrogen) atoms. The maximum atomic E-state index is 13.8. The van der Waals surface area contributed by atoms with Gasteiger partial charge in [0.15, 0.2) is 11.6 Å². The van der Waals surface area contributed by atoms with Gasteiger partial charge >= 0.3 is 0 Å². The average Bonchev–Trinajstić information content (AvgIpc) is 2.48. The molecule has 110 valence electrons. The van der Waals surface area contributed by atoms with Crippen LogP contribution in [0.4, 0.5) is 14.6 Å². The highest BCUT2D eigenvalue weighted by molar-refractivity contribution is 5.95. The minimum absolute atomic E-state index is 0.187. The SMILES string of the molecule is CC(c1ccccc1F)N(C)C(=O)c1ccnc(N)c1F. The van der Waals surface area contributed by atoms with Gasteiger partial charge in [-0.15, -0.1) is 0 Å². The molecule has 1 heterocycles. The van der Waals surface area contributed by atoms with Crippen molar-refractivity contribution in [2.24, 2.45) is 0 Å². The zero-order valence-electron chi connectivity index (χ0n) is 11.7. The summed E-state index contributed by atoms with van der Waals surface area (Å²) in [6.45, 7) is 1.67. The lowest BCUT2D eigenvalue weighted by atomic mass is 10.1. The second-order valence-corrected chi connectivity index (χ2v) is 4.67. The van der Waals surface area contributed by atoms with Crippen LogP contribution in [-0.2, 0) is 0 Å². The molecule has 2 N–H and O–H groups in total. The van der Waals surface area contributed by atoms with E-state index in [2.05, 4.69) is 4.98 Å². The fourth-order valence-corrected chi connectivity index (χ4v) is 2.01. The van der Waals surface area contributed by atoms with Crippen LogP contribution in [0.1, 0.15) is 28.9 Å². The van der Waals surface area contributed by atoms with Gasteiger partial charge in [-0.05, 0) is 19.1 Å². The molecule has 2 aromatic rings. The Balaban J connectivity index is 2.31. The van der Waals surface area contributed by atoms with E-state index < -0.39 is 23.6 Å². The molecule has 2 rings (SSSR count). The monoisotopic (exact) mass is 291 g/mol. The van der Waals surface area contributed by atoms with E-state index in [1.165, 1.54) is 30.3 Å². The molecule has 6 heteroatoms. The summed E-state index contributed by atoms with van der Waals surface area (Å²) in [6.07, 6.45) is 1.26. The number of anilines is 1. The quantitative estimate of drug-likeness (QED) is 0.946. The molecule has 0 aliphatic carbocycles. The van der Waals surface area contributed by atoms with Crippen molar-refractivity contribution in [2.45, 2.75) is 13.0 Å². The Hall–Kier alpha value is -2.50. The molecule has 0 saturated carbocycles. The number of amides is 1. The number of hydrogen-bond acceptors (Lipinski definition) is 3. The molecule has 1 amide bonds. The number of rotatable bonds is 3. The van der Waals surface area contributed by atoms with Gasteiger partial charge in [-0.2, -0.15) is 0 Å². The number of pyridine rings is 1. The Labute approximate surface area is 121 Å². The predicted molar refractivity (Wildman–Crippen MR) is 75.5 cm³/mol. The number of benzene rings is 1. The Kier molecular flexibility index (Phi) is 4.16. The minimum Gasteiger partial charge on any atom is -0.381 e. The molecule has 0 aliphatic rings. The molecule has 1 unspecified atom stereocenters. The molecule has 0 saturated heterocycles. The van der Waals surface area contributed by atoms with E-state index in [0.29, 0.717) is 5.56 Å². The summed E-state index contributed by atoms with van der Waals surface area (Å²) < 4.78 is 27.6. The van der Waals surface area contributed by atoms with E-state index in [1.54, 1.807) is 25.1 Å². The molecule has 0 radical (unpaired) electrons. The van der Waals surface area contributed by atoms with Gasteiger partial charge in [0.05, 0.1) is 11.6 Å². The molecule has 0 bridgehead atoms. The lowest BCUT2D eigenvalue weighted by Crippen LogP contribution is -2.31. The van der Waals surface area contributed by atoms with Crippen molar-refractivity contribution in [1.82, 2.24) is 9.88 Å². The van der Waals surface area contributed by atoms with E-state index in [1.807, 2.05) is 0 Å². The number of hydrogen-bond donors (Lipinski definition) is 1. The van der Waals surface area contributed by atoms with Gasteiger partial charge in [0.25, 0.3) is 5.91 Å². The van der Waals surface area contributed by atoms with Crippen molar-refractivity contribution < 1.29 is 13.6 Å². The first kappa shape index (κ1) is 14.9. The van der Waals surface area contributed by atoms with Gasteiger partial charge in [-0.3, -0.25) is 4.79 Å². The van der Waals surface area contributed by atoms with Gasteiger partial charge in [-0.1, -0.05) is 18.2 Å². The maximum absolute atomic E-state index is 13.8. The third-order valence-corrected chi connectivity index (χ3v) is 3.40. The lowest BCUT2D eigenvalue weighted by Gasteiger charge is -2.26. The second kappa shape index (κ2) is 5.87. The normalized spacial score (nSPS) is 12.0. The summed E-state index contributed by atoms with van der Waals surface area (Å²) in [4.78, 5) is 17.2. The van der Waals surface area contributed by atoms with Crippen LogP contribution in [0.5, 0.6) is 0 Å². The first-order valence-electron chi connectivity index (χ1n) is 6.35. The first-order valence-corrected chi connectivity index (χ1v) is 6.35. The van der Waals surface area contributed by atoms with Crippen molar-refractivity contribution in [2.75, 3.05) is 12.8 Å². The minimum atomic E-state index is -0.866. The van der Waals surface area contributed by atoms with Crippen molar-refractivity contribution in [3.63, 3.8) is 0 Å². The number of nitrogens with two attached hydrogens (primary N) is 1. The molecule has 4 nitrogen and oxygen atoms in total. The summed E-state index contributed by atoms with van der Waals surface area (Å²) in [6, 6.07) is 6.84. The fraction of sp³-hybridized carbons (Fsp3) is 0.200. The van der Waals surface area contributed by atoms with E-state index in [-0.39, 0.29) is 11.4 Å². The summed E-state index contributed by atoms with van der Waals surface area (Å²) >= 11 is 0. The number of carbonyl (C=O) groups is 1. The van der Waals surface area contributed by atoms with E-state index in [4.69, 9.17) is 5.73 Å². The number of nitrogens with zero attached hydrogens (tertiary/aromatic N) is 2. The highest BCUT2D eigenvalue weighted by Gasteiger charge is 2.24. The smallest absolute Gasteiger partial charge is 0.257 e. The van der Waals surface area contributed by atoms with Crippen LogP contribution >= 0.6 is 0 Å². The molecule has 1 aromatic heterocycles. The van der Waals surface area contributed by atoms with Gasteiger partial charge < -0.3 is 10.6 Å². The van der Waals surface area contributed by atoms with Crippen LogP contribution in [0.3, 0.4) is 0 Å². The molecular formula is C15H15F2N3O. The highest BCUT2D eigenvalue weighted by Crippen LogP contribution is 2.24. The standard InChI is InChI=1S/C15H15F2N3O/c1-9(10-5-3-4-6-12(10)16)20(2)15(21)11-7-8-19-14(18)13(11)17/h3-9H,1-2H3,(H2,18,19). The maximum Gasteiger partial charge on any atom is 0.257 e. The van der Waals surface area contributed by atoms with Crippen molar-refractivity contribution in [3.05, 3.63) is 59.3 Å². The number of halogens is 2. The second-order valence-electron chi connectivity index (χ2n) is 4.67. The van der Waals surface area contributed by atoms with Crippen LogP contribution in [0.15, 0.2) is 36.5 Å². The van der Waals surface area contributed by atoms with Crippen molar-refractivity contribution in [3.8, 4) is 0 Å². The topological polar surface area (TPSA) is 59.2 Å². The zero-order chi connectivity index (χ0) is 15.6. The van der Waals surface area contributed by atoms with Crippen LogP contribution in [-0.4, -0.2) is 22.8 Å². The zero-order valence-corrected chi connectivity index (χ0v) is 11.7. The average molecular weight is 291 g/mol. The summed E-state index contributed by atoms with van der Waals surface area (Å²) in [7, 11) is 1.48. The Morgan fingerprint density at radius 3 is 2.62 bits per heavy atom. The van der Waals surface area contributed by atoms with Crippen LogP contribution in [0.25, 0.3) is 0 Å². The van der Waals surface area contributed by atoms with Crippen molar-refractivity contribution >= 4 is 11.7 Å². The largest absolute Gasteiger partial charge is 0.381 e. The summed E-state index contributed by atoms with van der Waals surface area (Å²) in [5.74, 6) is -2.21. The molecule has 0 spiro atoms.